The lowest BCUT2D eigenvalue weighted by molar-refractivity contribution is -0.142. The van der Waals surface area contributed by atoms with Crippen LogP contribution in [0.1, 0.15) is 52.1 Å². The number of Topliss-reactive ketones (excluding diaryl/α,β-unsaturated/α-hetero) is 1. The van der Waals surface area contributed by atoms with E-state index >= 15 is 0 Å². The molecule has 0 saturated carbocycles. The smallest absolute Gasteiger partial charge is 0.419 e. The van der Waals surface area contributed by atoms with E-state index in [2.05, 4.69) is 36.4 Å². The van der Waals surface area contributed by atoms with E-state index in [1.165, 1.54) is 29.8 Å². The molecule has 2 saturated heterocycles. The summed E-state index contributed by atoms with van der Waals surface area (Å²) in [6.45, 7) is 2.95. The van der Waals surface area contributed by atoms with Gasteiger partial charge in [0, 0.05) is 55.8 Å². The maximum atomic E-state index is 13.8. The van der Waals surface area contributed by atoms with Crippen LogP contribution in [0.5, 0.6) is 5.75 Å². The number of ether oxygens (including phenoxy) is 1. The van der Waals surface area contributed by atoms with E-state index in [1.54, 1.807) is 0 Å². The SMILES string of the molecule is C[C@@H]1CCCN1Cc1sc(CC(=O)c2cnc(N3CCN(CCC(=O)O)CC3)cn2)nc1-c1ccc(OC(F)F)c(C(F)(F)F)c1. The van der Waals surface area contributed by atoms with Gasteiger partial charge >= 0.3 is 18.8 Å². The predicted octanol–water partition coefficient (Wildman–Crippen LogP) is 5.23. The fraction of sp³-hybridized carbons (Fsp3) is 0.500. The maximum Gasteiger partial charge on any atom is 0.419 e. The molecule has 0 aliphatic carbocycles. The highest BCUT2D eigenvalue weighted by Gasteiger charge is 2.36. The summed E-state index contributed by atoms with van der Waals surface area (Å²) < 4.78 is 71.2. The number of carboxylic acid groups (broad SMARTS) is 1. The van der Waals surface area contributed by atoms with Crippen LogP contribution in [-0.4, -0.2) is 93.5 Å². The average Bonchev–Trinajstić information content (AvgIpc) is 3.61. The highest BCUT2D eigenvalue weighted by molar-refractivity contribution is 7.12. The summed E-state index contributed by atoms with van der Waals surface area (Å²) in [6, 6.07) is 3.14. The second kappa shape index (κ2) is 14.3. The van der Waals surface area contributed by atoms with Crippen LogP contribution in [0.25, 0.3) is 11.3 Å². The molecule has 2 fully saturated rings. The zero-order chi connectivity index (χ0) is 33.0. The summed E-state index contributed by atoms with van der Waals surface area (Å²) in [5.41, 5.74) is -0.889. The van der Waals surface area contributed by atoms with Crippen LogP contribution in [0, 0.1) is 0 Å². The molecular formula is C30H33F5N6O4S. The molecular weight excluding hydrogens is 635 g/mol. The quantitative estimate of drug-likeness (QED) is 0.204. The van der Waals surface area contributed by atoms with Gasteiger partial charge in [0.25, 0.3) is 0 Å². The van der Waals surface area contributed by atoms with Crippen LogP contribution in [-0.2, 0) is 23.9 Å². The number of benzene rings is 1. The van der Waals surface area contributed by atoms with Crippen LogP contribution in [0.2, 0.25) is 0 Å². The number of likely N-dealkylation sites (tertiary alicyclic amines) is 1. The lowest BCUT2D eigenvalue weighted by Gasteiger charge is -2.34. The third-order valence-corrected chi connectivity index (χ3v) is 9.17. The number of piperazine rings is 1. The molecule has 0 spiro atoms. The number of thiazole rings is 1. The lowest BCUT2D eigenvalue weighted by Crippen LogP contribution is -2.47. The van der Waals surface area contributed by atoms with Crippen LogP contribution in [0.4, 0.5) is 27.8 Å². The molecule has 4 heterocycles. The molecule has 0 bridgehead atoms. The Bertz CT molecular complexity index is 1530. The van der Waals surface area contributed by atoms with E-state index in [0.29, 0.717) is 55.0 Å². The van der Waals surface area contributed by atoms with E-state index in [1.807, 2.05) is 4.90 Å². The zero-order valence-electron chi connectivity index (χ0n) is 25.0. The molecule has 3 aromatic rings. The van der Waals surface area contributed by atoms with Gasteiger partial charge in [-0.3, -0.25) is 19.4 Å². The first-order chi connectivity index (χ1) is 21.9. The van der Waals surface area contributed by atoms with Crippen molar-refractivity contribution in [3.05, 3.63) is 51.7 Å². The molecule has 2 aliphatic rings. The van der Waals surface area contributed by atoms with Crippen LogP contribution in [0.15, 0.2) is 30.6 Å². The molecule has 16 heteroatoms. The number of rotatable bonds is 12. The van der Waals surface area contributed by atoms with E-state index in [0.717, 1.165) is 31.5 Å². The molecule has 2 aliphatic heterocycles. The molecule has 248 valence electrons. The number of aromatic nitrogens is 3. The third kappa shape index (κ3) is 8.33. The molecule has 1 N–H and O–H groups in total. The van der Waals surface area contributed by atoms with E-state index < -0.39 is 30.1 Å². The number of carbonyl (C=O) groups is 2. The Morgan fingerprint density at radius 1 is 1.11 bits per heavy atom. The molecule has 0 radical (unpaired) electrons. The Kier molecular flexibility index (Phi) is 10.5. The molecule has 2 aromatic heterocycles. The van der Waals surface area contributed by atoms with Crippen molar-refractivity contribution in [2.24, 2.45) is 0 Å². The first-order valence-corrected chi connectivity index (χ1v) is 15.6. The van der Waals surface area contributed by atoms with Crippen molar-refractivity contribution in [1.82, 2.24) is 24.8 Å². The van der Waals surface area contributed by atoms with Gasteiger partial charge in [0.2, 0.25) is 0 Å². The summed E-state index contributed by atoms with van der Waals surface area (Å²) in [5.74, 6) is -1.59. The predicted molar refractivity (Wildman–Crippen MR) is 159 cm³/mol. The van der Waals surface area contributed by atoms with Gasteiger partial charge in [-0.1, -0.05) is 0 Å². The number of alkyl halides is 5. The second-order valence-corrected chi connectivity index (χ2v) is 12.4. The lowest BCUT2D eigenvalue weighted by atomic mass is 10.1. The summed E-state index contributed by atoms with van der Waals surface area (Å²) in [4.78, 5) is 44.2. The van der Waals surface area contributed by atoms with Gasteiger partial charge in [-0.25, -0.2) is 15.0 Å². The molecule has 0 amide bonds. The van der Waals surface area contributed by atoms with Crippen LogP contribution >= 0.6 is 11.3 Å². The summed E-state index contributed by atoms with van der Waals surface area (Å²) in [7, 11) is 0. The molecule has 10 nitrogen and oxygen atoms in total. The highest BCUT2D eigenvalue weighted by atomic mass is 32.1. The van der Waals surface area contributed by atoms with Crippen molar-refractivity contribution in [3.8, 4) is 17.0 Å². The Morgan fingerprint density at radius 3 is 2.48 bits per heavy atom. The summed E-state index contributed by atoms with van der Waals surface area (Å²) >= 11 is 1.22. The standard InChI is InChI=1S/C30H33F5N6O4S/c1-18-3-2-7-41(18)17-24-28(19-4-5-23(45-29(31)32)20(13-19)30(33,34)35)38-26(46-24)14-22(42)21-15-37-25(16-36-21)40-11-9-39(10-12-40)8-6-27(43)44/h4-5,13,15-16,18,29H,2-3,6-12,14,17H2,1H3,(H,43,44)/t18-/m1/s1. The Morgan fingerprint density at radius 2 is 1.87 bits per heavy atom. The summed E-state index contributed by atoms with van der Waals surface area (Å²) in [5, 5.41) is 9.27. The number of halogens is 5. The number of carboxylic acids is 1. The van der Waals surface area contributed by atoms with Crippen molar-refractivity contribution in [2.45, 2.75) is 58.0 Å². The summed E-state index contributed by atoms with van der Waals surface area (Å²) in [6.07, 6.45) is -0.171. The molecule has 1 aromatic carbocycles. The van der Waals surface area contributed by atoms with Crippen molar-refractivity contribution >= 4 is 28.9 Å². The fourth-order valence-electron chi connectivity index (χ4n) is 5.63. The van der Waals surface area contributed by atoms with Gasteiger partial charge in [-0.05, 0) is 44.5 Å². The molecule has 1 atom stereocenters. The van der Waals surface area contributed by atoms with Gasteiger partial charge in [0.15, 0.2) is 5.78 Å². The van der Waals surface area contributed by atoms with Crippen LogP contribution < -0.4 is 9.64 Å². The number of carbonyl (C=O) groups excluding carboxylic acids is 1. The Labute approximate surface area is 265 Å². The Hall–Kier alpha value is -3.76. The van der Waals surface area contributed by atoms with Gasteiger partial charge < -0.3 is 14.7 Å². The minimum absolute atomic E-state index is 0.0766. The number of nitrogens with zero attached hydrogens (tertiary/aromatic N) is 6. The minimum atomic E-state index is -4.95. The zero-order valence-corrected chi connectivity index (χ0v) is 25.8. The molecule has 5 rings (SSSR count). The van der Waals surface area contributed by atoms with E-state index in [-0.39, 0.29) is 41.6 Å². The van der Waals surface area contributed by atoms with Gasteiger partial charge in [0.05, 0.1) is 36.5 Å². The normalized spacial score (nSPS) is 18.0. The number of hydrogen-bond acceptors (Lipinski definition) is 10. The van der Waals surface area contributed by atoms with Crippen molar-refractivity contribution < 1.29 is 41.4 Å². The second-order valence-electron chi connectivity index (χ2n) is 11.3. The number of ketones is 1. The van der Waals surface area contributed by atoms with Crippen LogP contribution in [0.3, 0.4) is 0 Å². The highest BCUT2D eigenvalue weighted by Crippen LogP contribution is 2.41. The maximum absolute atomic E-state index is 13.8. The van der Waals surface area contributed by atoms with E-state index in [4.69, 9.17) is 5.11 Å². The van der Waals surface area contributed by atoms with E-state index in [9.17, 15) is 31.5 Å². The molecule has 0 unspecified atom stereocenters. The first-order valence-electron chi connectivity index (χ1n) is 14.8. The number of anilines is 1. The topological polar surface area (TPSA) is 112 Å². The minimum Gasteiger partial charge on any atom is -0.481 e. The number of aliphatic carboxylic acids is 1. The third-order valence-electron chi connectivity index (χ3n) is 8.13. The monoisotopic (exact) mass is 668 g/mol. The van der Waals surface area contributed by atoms with Gasteiger partial charge in [-0.2, -0.15) is 22.0 Å². The Balaban J connectivity index is 1.33. The van der Waals surface area contributed by atoms with Gasteiger partial charge in [0.1, 0.15) is 22.3 Å². The van der Waals surface area contributed by atoms with Gasteiger partial charge in [-0.15, -0.1) is 11.3 Å². The van der Waals surface area contributed by atoms with Crippen molar-refractivity contribution in [3.63, 3.8) is 0 Å². The largest absolute Gasteiger partial charge is 0.481 e. The van der Waals surface area contributed by atoms with Crippen molar-refractivity contribution in [2.75, 3.05) is 44.2 Å². The average molecular weight is 669 g/mol. The first kappa shape index (κ1) is 33.6. The van der Waals surface area contributed by atoms with Crippen molar-refractivity contribution in [1.29, 1.82) is 0 Å². The number of hydrogen-bond donors (Lipinski definition) is 1. The molecule has 46 heavy (non-hydrogen) atoms. The fourth-order valence-corrected chi connectivity index (χ4v) is 6.74.